The van der Waals surface area contributed by atoms with Crippen molar-refractivity contribution >= 4 is 16.9 Å². The van der Waals surface area contributed by atoms with E-state index in [1.54, 1.807) is 13.0 Å². The van der Waals surface area contributed by atoms with Crippen LogP contribution >= 0.6 is 0 Å². The molecule has 1 aromatic carbocycles. The Morgan fingerprint density at radius 2 is 2.17 bits per heavy atom. The molecule has 0 saturated carbocycles. The fourth-order valence-corrected chi connectivity index (χ4v) is 1.82. The molecule has 0 bridgehead atoms. The zero-order valence-electron chi connectivity index (χ0n) is 9.49. The number of rotatable bonds is 2. The van der Waals surface area contributed by atoms with Gasteiger partial charge in [-0.25, -0.2) is 9.48 Å². The van der Waals surface area contributed by atoms with E-state index in [-0.39, 0.29) is 5.56 Å². The molecule has 0 atom stereocenters. The number of hydrogen-bond acceptors (Lipinski definition) is 4. The molecule has 0 spiro atoms. The number of para-hydroxylation sites is 1. The number of hydrogen-bond donors (Lipinski definition) is 1. The van der Waals surface area contributed by atoms with Gasteiger partial charge >= 0.3 is 5.97 Å². The van der Waals surface area contributed by atoms with Gasteiger partial charge in [0, 0.05) is 6.20 Å². The van der Waals surface area contributed by atoms with E-state index in [0.29, 0.717) is 17.1 Å². The lowest BCUT2D eigenvalue weighted by molar-refractivity contribution is 0.0696. The highest BCUT2D eigenvalue weighted by atomic mass is 16.5. The summed E-state index contributed by atoms with van der Waals surface area (Å²) >= 11 is 0. The molecule has 0 amide bonds. The van der Waals surface area contributed by atoms with Crippen LogP contribution in [0.1, 0.15) is 16.1 Å². The zero-order chi connectivity index (χ0) is 12.7. The van der Waals surface area contributed by atoms with Crippen LogP contribution in [0, 0.1) is 6.92 Å². The third-order valence-corrected chi connectivity index (χ3v) is 2.70. The summed E-state index contributed by atoms with van der Waals surface area (Å²) in [6.45, 7) is 1.64. The molecule has 0 aliphatic rings. The van der Waals surface area contributed by atoms with E-state index in [1.165, 1.54) is 10.9 Å². The summed E-state index contributed by atoms with van der Waals surface area (Å²) in [5, 5.41) is 17.8. The van der Waals surface area contributed by atoms with Gasteiger partial charge in [0.2, 0.25) is 5.82 Å². The molecule has 6 heteroatoms. The summed E-state index contributed by atoms with van der Waals surface area (Å²) in [4.78, 5) is 11.0. The van der Waals surface area contributed by atoms with Crippen molar-refractivity contribution in [2.24, 2.45) is 0 Å². The first-order chi connectivity index (χ1) is 8.66. The van der Waals surface area contributed by atoms with E-state index in [1.807, 2.05) is 18.2 Å². The second-order valence-electron chi connectivity index (χ2n) is 3.88. The van der Waals surface area contributed by atoms with E-state index in [0.717, 1.165) is 5.39 Å². The minimum Gasteiger partial charge on any atom is -0.478 e. The quantitative estimate of drug-likeness (QED) is 0.744. The summed E-state index contributed by atoms with van der Waals surface area (Å²) < 4.78 is 6.58. The van der Waals surface area contributed by atoms with Gasteiger partial charge in [0.25, 0.3) is 0 Å². The van der Waals surface area contributed by atoms with Crippen molar-refractivity contribution in [3.8, 4) is 5.82 Å². The van der Waals surface area contributed by atoms with Crippen molar-refractivity contribution in [1.82, 2.24) is 14.9 Å². The van der Waals surface area contributed by atoms with E-state index in [4.69, 9.17) is 9.63 Å². The molecule has 0 fully saturated rings. The maximum absolute atomic E-state index is 11.0. The van der Waals surface area contributed by atoms with E-state index >= 15 is 0 Å². The first kappa shape index (κ1) is 10.5. The highest BCUT2D eigenvalue weighted by Gasteiger charge is 2.16. The lowest BCUT2D eigenvalue weighted by atomic mass is 10.2. The molecule has 2 heterocycles. The normalized spacial score (nSPS) is 10.9. The topological polar surface area (TPSA) is 81.2 Å². The SMILES string of the molecule is Cc1nn(-c2noc3ccccc23)cc1C(=O)O. The lowest BCUT2D eigenvalue weighted by Crippen LogP contribution is -1.96. The number of aromatic carboxylic acids is 1. The monoisotopic (exact) mass is 243 g/mol. The molecule has 6 nitrogen and oxygen atoms in total. The van der Waals surface area contributed by atoms with Crippen molar-refractivity contribution < 1.29 is 14.4 Å². The van der Waals surface area contributed by atoms with Gasteiger partial charge in [0.1, 0.15) is 5.56 Å². The molecule has 3 aromatic rings. The van der Waals surface area contributed by atoms with Crippen LogP contribution in [0.3, 0.4) is 0 Å². The molecule has 90 valence electrons. The molecular formula is C12H9N3O3. The first-order valence-electron chi connectivity index (χ1n) is 5.31. The standard InChI is InChI=1S/C12H9N3O3/c1-7-9(12(16)17)6-15(13-7)11-8-4-2-3-5-10(8)18-14-11/h2-6H,1H3,(H,16,17). The van der Waals surface area contributed by atoms with Gasteiger partial charge < -0.3 is 9.63 Å². The second kappa shape index (κ2) is 3.69. The fourth-order valence-electron chi connectivity index (χ4n) is 1.82. The molecule has 0 aliphatic heterocycles. The van der Waals surface area contributed by atoms with Crippen LogP contribution < -0.4 is 0 Å². The Morgan fingerprint density at radius 3 is 2.89 bits per heavy atom. The first-order valence-corrected chi connectivity index (χ1v) is 5.31. The predicted molar refractivity (Wildman–Crippen MR) is 62.8 cm³/mol. The number of benzene rings is 1. The van der Waals surface area contributed by atoms with Crippen LogP contribution in [0.25, 0.3) is 16.8 Å². The van der Waals surface area contributed by atoms with Gasteiger partial charge in [-0.05, 0) is 19.1 Å². The van der Waals surface area contributed by atoms with Crippen LogP contribution in [0.15, 0.2) is 35.0 Å². The molecular weight excluding hydrogens is 234 g/mol. The van der Waals surface area contributed by atoms with Gasteiger partial charge in [-0.1, -0.05) is 17.3 Å². The highest BCUT2D eigenvalue weighted by molar-refractivity contribution is 5.89. The largest absolute Gasteiger partial charge is 0.478 e. The number of fused-ring (bicyclic) bond motifs is 1. The maximum Gasteiger partial charge on any atom is 0.339 e. The Morgan fingerprint density at radius 1 is 1.39 bits per heavy atom. The number of carboxylic acid groups (broad SMARTS) is 1. The van der Waals surface area contributed by atoms with Crippen molar-refractivity contribution in [2.45, 2.75) is 6.92 Å². The maximum atomic E-state index is 11.0. The third-order valence-electron chi connectivity index (χ3n) is 2.70. The molecule has 0 unspecified atom stereocenters. The Kier molecular flexibility index (Phi) is 2.16. The van der Waals surface area contributed by atoms with Crippen LogP contribution in [-0.2, 0) is 0 Å². The number of aryl methyl sites for hydroxylation is 1. The van der Waals surface area contributed by atoms with Gasteiger partial charge in [-0.2, -0.15) is 5.10 Å². The number of carboxylic acids is 1. The van der Waals surface area contributed by atoms with E-state index in [2.05, 4.69) is 10.3 Å². The average Bonchev–Trinajstić information content (AvgIpc) is 2.92. The van der Waals surface area contributed by atoms with Crippen LogP contribution in [0.4, 0.5) is 0 Å². The van der Waals surface area contributed by atoms with Crippen molar-refractivity contribution in [1.29, 1.82) is 0 Å². The minimum absolute atomic E-state index is 0.155. The summed E-state index contributed by atoms with van der Waals surface area (Å²) in [5.74, 6) is -0.521. The van der Waals surface area contributed by atoms with Crippen molar-refractivity contribution in [3.63, 3.8) is 0 Å². The molecule has 0 radical (unpaired) electrons. The molecule has 3 rings (SSSR count). The van der Waals surface area contributed by atoms with Gasteiger partial charge in [-0.15, -0.1) is 0 Å². The molecule has 2 aromatic heterocycles. The van der Waals surface area contributed by atoms with Crippen LogP contribution in [0.5, 0.6) is 0 Å². The number of nitrogens with zero attached hydrogens (tertiary/aromatic N) is 3. The highest BCUT2D eigenvalue weighted by Crippen LogP contribution is 2.21. The Balaban J connectivity index is 2.20. The van der Waals surface area contributed by atoms with Crippen molar-refractivity contribution in [2.75, 3.05) is 0 Å². The van der Waals surface area contributed by atoms with E-state index < -0.39 is 5.97 Å². The van der Waals surface area contributed by atoms with E-state index in [9.17, 15) is 4.79 Å². The molecule has 0 aliphatic carbocycles. The summed E-state index contributed by atoms with van der Waals surface area (Å²) in [5.41, 5.74) is 1.23. The van der Waals surface area contributed by atoms with Gasteiger partial charge in [-0.3, -0.25) is 0 Å². The molecule has 0 saturated heterocycles. The second-order valence-corrected chi connectivity index (χ2v) is 3.88. The minimum atomic E-state index is -1.01. The van der Waals surface area contributed by atoms with Crippen LogP contribution in [0.2, 0.25) is 0 Å². The summed E-state index contributed by atoms with van der Waals surface area (Å²) in [6, 6.07) is 7.34. The van der Waals surface area contributed by atoms with Crippen LogP contribution in [-0.4, -0.2) is 26.0 Å². The molecule has 18 heavy (non-hydrogen) atoms. The Labute approximate surface area is 101 Å². The van der Waals surface area contributed by atoms with Crippen molar-refractivity contribution in [3.05, 3.63) is 41.7 Å². The lowest BCUT2D eigenvalue weighted by Gasteiger charge is -1.93. The predicted octanol–water partition coefficient (Wildman–Crippen LogP) is 2.02. The average molecular weight is 243 g/mol. The smallest absolute Gasteiger partial charge is 0.339 e. The Bertz CT molecular complexity index is 742. The van der Waals surface area contributed by atoms with Gasteiger partial charge in [0.15, 0.2) is 5.58 Å². The van der Waals surface area contributed by atoms with Gasteiger partial charge in [0.05, 0.1) is 11.1 Å². The Hall–Kier alpha value is -2.63. The number of carbonyl (C=O) groups is 1. The number of aromatic nitrogens is 3. The molecule has 1 N–H and O–H groups in total. The summed E-state index contributed by atoms with van der Waals surface area (Å²) in [6.07, 6.45) is 1.43. The third kappa shape index (κ3) is 1.46. The summed E-state index contributed by atoms with van der Waals surface area (Å²) in [7, 11) is 0. The fraction of sp³-hybridized carbons (Fsp3) is 0.0833. The zero-order valence-corrected chi connectivity index (χ0v) is 9.49.